The number of piperidine rings is 1. The number of benzene rings is 1. The van der Waals surface area contributed by atoms with E-state index in [1.54, 1.807) is 18.2 Å². The Balaban J connectivity index is 1.92. The van der Waals surface area contributed by atoms with E-state index in [9.17, 15) is 10.1 Å². The highest BCUT2D eigenvalue weighted by Gasteiger charge is 2.33. The lowest BCUT2D eigenvalue weighted by Gasteiger charge is -2.39. The smallest absolute Gasteiger partial charge is 0.405 e. The van der Waals surface area contributed by atoms with Gasteiger partial charge in [0, 0.05) is 24.2 Å². The molecule has 3 rings (SSSR count). The summed E-state index contributed by atoms with van der Waals surface area (Å²) in [5.41, 5.74) is 1.48. The summed E-state index contributed by atoms with van der Waals surface area (Å²) in [5.74, 6) is 0.499. The molecule has 1 aromatic carbocycles. The number of amides is 1. The van der Waals surface area contributed by atoms with Gasteiger partial charge in [0.1, 0.15) is 6.07 Å². The van der Waals surface area contributed by atoms with Crippen molar-refractivity contribution in [3.8, 4) is 17.3 Å². The van der Waals surface area contributed by atoms with E-state index in [4.69, 9.17) is 28.3 Å². The topological polar surface area (TPSA) is 102 Å². The number of nitrogens with zero attached hydrogens (tertiary/aromatic N) is 4. The fraction of sp³-hybridized carbons (Fsp3) is 0.368. The zero-order chi connectivity index (χ0) is 20.5. The van der Waals surface area contributed by atoms with Gasteiger partial charge < -0.3 is 15.3 Å². The Bertz CT molecular complexity index is 966. The van der Waals surface area contributed by atoms with Crippen molar-refractivity contribution in [1.29, 1.82) is 5.26 Å². The number of hydrogen-bond acceptors (Lipinski definition) is 5. The zero-order valence-electron chi connectivity index (χ0n) is 15.5. The summed E-state index contributed by atoms with van der Waals surface area (Å²) in [4.78, 5) is 22.1. The molecule has 0 aliphatic carbocycles. The molecule has 0 radical (unpaired) electrons. The second kappa shape index (κ2) is 7.82. The highest BCUT2D eigenvalue weighted by atomic mass is 35.5. The largest absolute Gasteiger partial charge is 0.465 e. The molecule has 1 aromatic heterocycles. The molecule has 2 aromatic rings. The number of aryl methyl sites for hydroxylation is 1. The van der Waals surface area contributed by atoms with Crippen LogP contribution < -0.4 is 10.2 Å². The van der Waals surface area contributed by atoms with Gasteiger partial charge in [-0.15, -0.1) is 0 Å². The van der Waals surface area contributed by atoms with E-state index >= 15 is 0 Å². The molecule has 2 heterocycles. The van der Waals surface area contributed by atoms with Crippen molar-refractivity contribution in [2.24, 2.45) is 0 Å². The van der Waals surface area contributed by atoms with Gasteiger partial charge in [0.15, 0.2) is 11.5 Å². The summed E-state index contributed by atoms with van der Waals surface area (Å²) in [5, 5.41) is 22.0. The molecule has 0 unspecified atom stereocenters. The van der Waals surface area contributed by atoms with Crippen LogP contribution in [0.5, 0.6) is 0 Å². The van der Waals surface area contributed by atoms with Crippen LogP contribution in [0, 0.1) is 18.3 Å². The van der Waals surface area contributed by atoms with Gasteiger partial charge in [-0.1, -0.05) is 35.3 Å². The summed E-state index contributed by atoms with van der Waals surface area (Å²) in [6.07, 6.45) is 0.173. The third-order valence-electron chi connectivity index (χ3n) is 4.94. The second-order valence-electron chi connectivity index (χ2n) is 7.02. The Hall–Kier alpha value is -2.56. The molecule has 0 saturated carbocycles. The van der Waals surface area contributed by atoms with Crippen LogP contribution in [-0.2, 0) is 0 Å². The maximum Gasteiger partial charge on any atom is 0.405 e. The summed E-state index contributed by atoms with van der Waals surface area (Å²) in [6, 6.07) is 7.36. The molecule has 1 aliphatic rings. The molecular formula is C19H19Cl2N5O2. The number of carbonyl (C=O) groups is 1. The van der Waals surface area contributed by atoms with E-state index in [0.29, 0.717) is 58.7 Å². The summed E-state index contributed by atoms with van der Waals surface area (Å²) in [6.45, 7) is 4.82. The molecule has 0 atom stereocenters. The zero-order valence-corrected chi connectivity index (χ0v) is 17.0. The van der Waals surface area contributed by atoms with Gasteiger partial charge in [-0.05, 0) is 32.8 Å². The van der Waals surface area contributed by atoms with E-state index in [1.165, 1.54) is 0 Å². The van der Waals surface area contributed by atoms with Gasteiger partial charge >= 0.3 is 6.09 Å². The van der Waals surface area contributed by atoms with Crippen LogP contribution in [0.15, 0.2) is 18.2 Å². The average molecular weight is 420 g/mol. The molecule has 0 spiro atoms. The molecule has 1 saturated heterocycles. The molecule has 28 heavy (non-hydrogen) atoms. The lowest BCUT2D eigenvalue weighted by molar-refractivity contribution is 0.173. The molecule has 0 bridgehead atoms. The predicted molar refractivity (Wildman–Crippen MR) is 108 cm³/mol. The first-order valence-corrected chi connectivity index (χ1v) is 9.49. The van der Waals surface area contributed by atoms with Crippen molar-refractivity contribution < 1.29 is 9.90 Å². The van der Waals surface area contributed by atoms with E-state index in [0.717, 1.165) is 0 Å². The lowest BCUT2D eigenvalue weighted by Crippen LogP contribution is -2.53. The first-order valence-electron chi connectivity index (χ1n) is 8.73. The van der Waals surface area contributed by atoms with Crippen molar-refractivity contribution >= 4 is 35.1 Å². The van der Waals surface area contributed by atoms with Crippen molar-refractivity contribution in [2.75, 3.05) is 18.0 Å². The minimum atomic E-state index is -1.04. The number of nitriles is 1. The SMILES string of the molecule is Cc1nc(N2CCC(C)(NC(=O)O)CC2)c(C#N)nc1-c1cccc(Cl)c1Cl. The predicted octanol–water partition coefficient (Wildman–Crippen LogP) is 4.26. The van der Waals surface area contributed by atoms with Crippen LogP contribution in [0.4, 0.5) is 10.6 Å². The first kappa shape index (κ1) is 20.2. The normalized spacial score (nSPS) is 15.8. The number of rotatable bonds is 3. The van der Waals surface area contributed by atoms with Gasteiger partial charge in [-0.3, -0.25) is 0 Å². The summed E-state index contributed by atoms with van der Waals surface area (Å²) >= 11 is 12.4. The molecule has 2 N–H and O–H groups in total. The highest BCUT2D eigenvalue weighted by Crippen LogP contribution is 2.35. The van der Waals surface area contributed by atoms with E-state index in [-0.39, 0.29) is 5.69 Å². The van der Waals surface area contributed by atoms with Crippen molar-refractivity contribution in [3.63, 3.8) is 0 Å². The highest BCUT2D eigenvalue weighted by molar-refractivity contribution is 6.43. The van der Waals surface area contributed by atoms with Crippen molar-refractivity contribution in [3.05, 3.63) is 39.6 Å². The Kier molecular flexibility index (Phi) is 5.64. The number of anilines is 1. The second-order valence-corrected chi connectivity index (χ2v) is 7.81. The minimum Gasteiger partial charge on any atom is -0.465 e. The minimum absolute atomic E-state index is 0.200. The number of carboxylic acid groups (broad SMARTS) is 1. The third kappa shape index (κ3) is 3.98. The maximum atomic E-state index is 11.0. The van der Waals surface area contributed by atoms with Crippen LogP contribution in [0.3, 0.4) is 0 Å². The quantitative estimate of drug-likeness (QED) is 0.770. The van der Waals surface area contributed by atoms with Crippen LogP contribution in [0.2, 0.25) is 10.0 Å². The molecular weight excluding hydrogens is 401 g/mol. The number of halogens is 2. The van der Waals surface area contributed by atoms with Crippen LogP contribution >= 0.6 is 23.2 Å². The van der Waals surface area contributed by atoms with Gasteiger partial charge in [0.05, 0.1) is 21.4 Å². The molecule has 146 valence electrons. The lowest BCUT2D eigenvalue weighted by atomic mass is 9.89. The van der Waals surface area contributed by atoms with E-state index in [2.05, 4.69) is 21.4 Å². The van der Waals surface area contributed by atoms with Crippen LogP contribution in [-0.4, -0.2) is 39.8 Å². The molecule has 1 aliphatic heterocycles. The molecule has 9 heteroatoms. The number of aromatic nitrogens is 2. The Morgan fingerprint density at radius 2 is 2.00 bits per heavy atom. The van der Waals surface area contributed by atoms with Gasteiger partial charge in [0.2, 0.25) is 0 Å². The molecule has 1 amide bonds. The fourth-order valence-electron chi connectivity index (χ4n) is 3.34. The first-order chi connectivity index (χ1) is 13.2. The standard InChI is InChI=1S/C19H19Cl2N5O2/c1-11-16(12-4-3-5-13(20)15(12)21)24-14(10-22)17(23-11)26-8-6-19(2,7-9-26)25-18(27)28/h3-5,25H,6-9H2,1-2H3,(H,27,28). The van der Waals surface area contributed by atoms with Crippen LogP contribution in [0.1, 0.15) is 31.2 Å². The Morgan fingerprint density at radius 1 is 1.32 bits per heavy atom. The van der Waals surface area contributed by atoms with E-state index < -0.39 is 11.6 Å². The average Bonchev–Trinajstić information content (AvgIpc) is 2.64. The fourth-order valence-corrected chi connectivity index (χ4v) is 3.73. The van der Waals surface area contributed by atoms with Gasteiger partial charge in [-0.2, -0.15) is 5.26 Å². The Labute approximate surface area is 172 Å². The van der Waals surface area contributed by atoms with E-state index in [1.807, 2.05) is 18.7 Å². The van der Waals surface area contributed by atoms with Crippen molar-refractivity contribution in [1.82, 2.24) is 15.3 Å². The molecule has 7 nitrogen and oxygen atoms in total. The summed E-state index contributed by atoms with van der Waals surface area (Å²) < 4.78 is 0. The van der Waals surface area contributed by atoms with Crippen molar-refractivity contribution in [2.45, 2.75) is 32.2 Å². The number of nitrogens with one attached hydrogen (secondary N) is 1. The van der Waals surface area contributed by atoms with Gasteiger partial charge in [0.25, 0.3) is 0 Å². The van der Waals surface area contributed by atoms with Gasteiger partial charge in [-0.25, -0.2) is 14.8 Å². The Morgan fingerprint density at radius 3 is 2.61 bits per heavy atom. The number of hydrogen-bond donors (Lipinski definition) is 2. The van der Waals surface area contributed by atoms with Crippen LogP contribution in [0.25, 0.3) is 11.3 Å². The summed E-state index contributed by atoms with van der Waals surface area (Å²) in [7, 11) is 0. The maximum absolute atomic E-state index is 11.0. The molecule has 1 fully saturated rings. The monoisotopic (exact) mass is 419 g/mol. The third-order valence-corrected chi connectivity index (χ3v) is 5.76.